The highest BCUT2D eigenvalue weighted by molar-refractivity contribution is 5.91. The molecule has 6 bridgehead atoms. The van der Waals surface area contributed by atoms with Crippen molar-refractivity contribution < 1.29 is 33.6 Å². The lowest BCUT2D eigenvalue weighted by Gasteiger charge is -2.19. The Bertz CT molecular complexity index is 1280. The molecule has 0 atom stereocenters. The SMILES string of the molecule is CCOc1nc2nc(n1)NC1(CC1)c1ccc(cc1)OCCOCCOCCOc1cc(ccc1C(=O)O)N2. The van der Waals surface area contributed by atoms with E-state index in [9.17, 15) is 9.90 Å². The van der Waals surface area contributed by atoms with Gasteiger partial charge in [0.15, 0.2) is 0 Å². The first kappa shape index (κ1) is 26.4. The fraction of sp³-hybridized carbons (Fsp3) is 0.407. The van der Waals surface area contributed by atoms with Gasteiger partial charge in [0.1, 0.15) is 30.3 Å². The van der Waals surface area contributed by atoms with Gasteiger partial charge in [-0.05, 0) is 49.6 Å². The topological polar surface area (TPSA) is 146 Å². The lowest BCUT2D eigenvalue weighted by molar-refractivity contribution is 0.0272. The number of anilines is 3. The van der Waals surface area contributed by atoms with Gasteiger partial charge in [-0.2, -0.15) is 15.0 Å². The lowest BCUT2D eigenvalue weighted by atomic mass is 10.1. The normalized spacial score (nSPS) is 17.2. The first-order chi connectivity index (χ1) is 19.0. The first-order valence-electron chi connectivity index (χ1n) is 12.9. The van der Waals surface area contributed by atoms with Crippen LogP contribution in [0.4, 0.5) is 17.6 Å². The molecule has 3 aliphatic rings. The lowest BCUT2D eigenvalue weighted by Crippen LogP contribution is -2.21. The summed E-state index contributed by atoms with van der Waals surface area (Å²) in [5, 5.41) is 16.2. The highest BCUT2D eigenvalue weighted by Crippen LogP contribution is 2.48. The summed E-state index contributed by atoms with van der Waals surface area (Å²) in [5.74, 6) is 0.461. The molecule has 12 heteroatoms. The van der Waals surface area contributed by atoms with Crippen LogP contribution in [0.5, 0.6) is 17.5 Å². The minimum absolute atomic E-state index is 0.0314. The van der Waals surface area contributed by atoms with Crippen LogP contribution in [0.3, 0.4) is 0 Å². The number of carboxylic acid groups (broad SMARTS) is 1. The Morgan fingerprint density at radius 2 is 1.62 bits per heavy atom. The number of carboxylic acids is 1. The minimum Gasteiger partial charge on any atom is -0.491 e. The molecule has 1 aliphatic carbocycles. The van der Waals surface area contributed by atoms with Crippen LogP contribution < -0.4 is 24.8 Å². The van der Waals surface area contributed by atoms with Crippen molar-refractivity contribution in [1.29, 1.82) is 0 Å². The number of benzene rings is 2. The Hall–Kier alpha value is -4.16. The molecule has 39 heavy (non-hydrogen) atoms. The molecule has 0 radical (unpaired) electrons. The van der Waals surface area contributed by atoms with Crippen molar-refractivity contribution >= 4 is 23.6 Å². The maximum Gasteiger partial charge on any atom is 0.339 e. The Labute approximate surface area is 225 Å². The summed E-state index contributed by atoms with van der Waals surface area (Å²) in [5.41, 5.74) is 1.37. The predicted molar refractivity (Wildman–Crippen MR) is 141 cm³/mol. The van der Waals surface area contributed by atoms with Crippen molar-refractivity contribution in [2.45, 2.75) is 25.3 Å². The Morgan fingerprint density at radius 3 is 2.31 bits per heavy atom. The number of nitrogens with zero attached hydrogens (tertiary/aromatic N) is 3. The van der Waals surface area contributed by atoms with E-state index >= 15 is 0 Å². The van der Waals surface area contributed by atoms with Crippen LogP contribution in [-0.4, -0.2) is 72.3 Å². The van der Waals surface area contributed by atoms with Gasteiger partial charge in [0.2, 0.25) is 11.9 Å². The maximum absolute atomic E-state index is 11.7. The van der Waals surface area contributed by atoms with E-state index in [0.29, 0.717) is 44.7 Å². The quantitative estimate of drug-likeness (QED) is 0.419. The zero-order chi connectivity index (χ0) is 27.1. The summed E-state index contributed by atoms with van der Waals surface area (Å²) < 4.78 is 28.2. The highest BCUT2D eigenvalue weighted by Gasteiger charge is 2.45. The van der Waals surface area contributed by atoms with Crippen molar-refractivity contribution in [3.8, 4) is 17.5 Å². The Morgan fingerprint density at radius 1 is 0.923 bits per heavy atom. The number of aromatic carboxylic acids is 1. The minimum atomic E-state index is -1.10. The molecule has 3 N–H and O–H groups in total. The number of hydrogen-bond acceptors (Lipinski definition) is 11. The number of hydrogen-bond donors (Lipinski definition) is 3. The molecule has 1 saturated carbocycles. The molecule has 1 aromatic heterocycles. The molecular formula is C27H31N5O7. The Balaban J connectivity index is 1.43. The summed E-state index contributed by atoms with van der Waals surface area (Å²) in [4.78, 5) is 25.1. The standard InChI is InChI=1S/C27H31N5O7/c1-2-37-26-30-24-28-19-5-8-21(23(33)34)22(17-19)39-16-14-36-12-11-35-13-15-38-20-6-3-18(4-7-20)27(9-10-27)32-25(29-24)31-26/h3-8,17H,2,9-16H2,1H3,(H,33,34)(H2,28,29,30,31,32). The second-order valence-corrected chi connectivity index (χ2v) is 8.99. The van der Waals surface area contributed by atoms with E-state index in [-0.39, 0.29) is 42.0 Å². The van der Waals surface area contributed by atoms with E-state index in [1.54, 1.807) is 12.1 Å². The van der Waals surface area contributed by atoms with Gasteiger partial charge < -0.3 is 39.4 Å². The summed E-state index contributed by atoms with van der Waals surface area (Å²) in [6.07, 6.45) is 1.83. The third kappa shape index (κ3) is 6.84. The summed E-state index contributed by atoms with van der Waals surface area (Å²) in [7, 11) is 0. The van der Waals surface area contributed by atoms with Gasteiger partial charge in [-0.3, -0.25) is 0 Å². The molecule has 0 amide bonds. The predicted octanol–water partition coefficient (Wildman–Crippen LogP) is 3.62. The van der Waals surface area contributed by atoms with E-state index in [2.05, 4.69) is 25.6 Å². The molecule has 3 heterocycles. The molecule has 3 aromatic rings. The van der Waals surface area contributed by atoms with Crippen LogP contribution in [0.25, 0.3) is 0 Å². The van der Waals surface area contributed by atoms with E-state index < -0.39 is 5.97 Å². The smallest absolute Gasteiger partial charge is 0.339 e. The fourth-order valence-corrected chi connectivity index (χ4v) is 4.13. The van der Waals surface area contributed by atoms with Gasteiger partial charge in [0.05, 0.1) is 38.6 Å². The van der Waals surface area contributed by atoms with Gasteiger partial charge in [-0.1, -0.05) is 12.1 Å². The number of nitrogens with one attached hydrogen (secondary N) is 2. The van der Waals surface area contributed by atoms with Gasteiger partial charge in [-0.15, -0.1) is 0 Å². The average Bonchev–Trinajstić information content (AvgIpc) is 3.70. The number of carbonyl (C=O) groups is 1. The van der Waals surface area contributed by atoms with Crippen LogP contribution in [0.2, 0.25) is 0 Å². The molecule has 2 aromatic carbocycles. The second kappa shape index (κ2) is 12.1. The largest absolute Gasteiger partial charge is 0.491 e. The summed E-state index contributed by atoms with van der Waals surface area (Å²) >= 11 is 0. The van der Waals surface area contributed by atoms with Gasteiger partial charge in [0, 0.05) is 11.8 Å². The molecule has 6 rings (SSSR count). The number of ether oxygens (including phenoxy) is 5. The van der Waals surface area contributed by atoms with Crippen LogP contribution in [-0.2, 0) is 15.0 Å². The van der Waals surface area contributed by atoms with Crippen LogP contribution in [0.1, 0.15) is 35.7 Å². The fourth-order valence-electron chi connectivity index (χ4n) is 4.13. The number of aromatic nitrogens is 3. The van der Waals surface area contributed by atoms with Crippen LogP contribution >= 0.6 is 0 Å². The van der Waals surface area contributed by atoms with Crippen LogP contribution in [0.15, 0.2) is 42.5 Å². The van der Waals surface area contributed by atoms with E-state index in [1.807, 2.05) is 31.2 Å². The van der Waals surface area contributed by atoms with Crippen LogP contribution in [0, 0.1) is 0 Å². The van der Waals surface area contributed by atoms with Gasteiger partial charge >= 0.3 is 12.0 Å². The third-order valence-corrected chi connectivity index (χ3v) is 6.22. The van der Waals surface area contributed by atoms with E-state index in [0.717, 1.165) is 24.2 Å². The second-order valence-electron chi connectivity index (χ2n) is 8.99. The molecule has 206 valence electrons. The first-order valence-corrected chi connectivity index (χ1v) is 12.9. The number of fused-ring (bicyclic) bond motifs is 11. The Kier molecular flexibility index (Phi) is 8.23. The van der Waals surface area contributed by atoms with Gasteiger partial charge in [-0.25, -0.2) is 4.79 Å². The van der Waals surface area contributed by atoms with Crippen molar-refractivity contribution in [1.82, 2.24) is 15.0 Å². The molecular weight excluding hydrogens is 506 g/mol. The summed E-state index contributed by atoms with van der Waals surface area (Å²) in [6.45, 7) is 4.30. The maximum atomic E-state index is 11.7. The highest BCUT2D eigenvalue weighted by atomic mass is 16.6. The zero-order valence-electron chi connectivity index (χ0n) is 21.6. The van der Waals surface area contributed by atoms with Gasteiger partial charge in [0.25, 0.3) is 0 Å². The average molecular weight is 538 g/mol. The van der Waals surface area contributed by atoms with Crippen molar-refractivity contribution in [3.05, 3.63) is 53.6 Å². The monoisotopic (exact) mass is 537 g/mol. The molecule has 1 spiro atoms. The van der Waals surface area contributed by atoms with E-state index in [1.165, 1.54) is 6.07 Å². The molecule has 1 fully saturated rings. The zero-order valence-corrected chi connectivity index (χ0v) is 21.6. The van der Waals surface area contributed by atoms with Crippen molar-refractivity contribution in [2.24, 2.45) is 0 Å². The molecule has 12 nitrogen and oxygen atoms in total. The third-order valence-electron chi connectivity index (χ3n) is 6.22. The number of rotatable bonds is 3. The van der Waals surface area contributed by atoms with Crippen molar-refractivity contribution in [3.63, 3.8) is 0 Å². The summed E-state index contributed by atoms with van der Waals surface area (Å²) in [6, 6.07) is 12.8. The van der Waals surface area contributed by atoms with Crippen molar-refractivity contribution in [2.75, 3.05) is 56.9 Å². The van der Waals surface area contributed by atoms with E-state index in [4.69, 9.17) is 23.7 Å². The molecule has 0 unspecified atom stereocenters. The molecule has 2 aliphatic heterocycles. The molecule has 0 saturated heterocycles.